The number of nitrogens with zero attached hydrogens (tertiary/aromatic N) is 4. The fraction of sp³-hybridized carbons (Fsp3) is 0.412. The summed E-state index contributed by atoms with van der Waals surface area (Å²) in [5, 5.41) is 7.13. The van der Waals surface area contributed by atoms with Crippen molar-refractivity contribution in [3.05, 3.63) is 42.0 Å². The van der Waals surface area contributed by atoms with Crippen LogP contribution in [-0.2, 0) is 16.6 Å². The van der Waals surface area contributed by atoms with Gasteiger partial charge in [-0.15, -0.1) is 0 Å². The van der Waals surface area contributed by atoms with Crippen LogP contribution < -0.4 is 5.32 Å². The number of likely N-dealkylation sites (tertiary alicyclic amines) is 1. The number of piperidine rings is 1. The maximum Gasteiger partial charge on any atom is 0.229 e. The Kier molecular flexibility index (Phi) is 4.33. The van der Waals surface area contributed by atoms with Crippen molar-refractivity contribution in [2.75, 3.05) is 12.4 Å². The first-order valence-electron chi connectivity index (χ1n) is 7.93. The van der Waals surface area contributed by atoms with Crippen molar-refractivity contribution in [1.82, 2.24) is 19.7 Å². The fourth-order valence-corrected chi connectivity index (χ4v) is 3.22. The molecule has 1 aliphatic heterocycles. The molecule has 0 aliphatic carbocycles. The van der Waals surface area contributed by atoms with Gasteiger partial charge >= 0.3 is 0 Å². The summed E-state index contributed by atoms with van der Waals surface area (Å²) in [6.07, 6.45) is 6.15. The van der Waals surface area contributed by atoms with Crippen LogP contribution in [0.4, 0.5) is 5.69 Å². The minimum atomic E-state index is -0.314. The van der Waals surface area contributed by atoms with Gasteiger partial charge in [0.25, 0.3) is 0 Å². The van der Waals surface area contributed by atoms with Gasteiger partial charge < -0.3 is 10.2 Å². The van der Waals surface area contributed by atoms with Gasteiger partial charge in [0.1, 0.15) is 0 Å². The third kappa shape index (κ3) is 3.15. The predicted octanol–water partition coefficient (Wildman–Crippen LogP) is 1.67. The highest BCUT2D eigenvalue weighted by Crippen LogP contribution is 2.36. The second-order valence-corrected chi connectivity index (χ2v) is 6.22. The van der Waals surface area contributed by atoms with Crippen molar-refractivity contribution in [2.45, 2.75) is 25.8 Å². The van der Waals surface area contributed by atoms with Crippen molar-refractivity contribution in [3.8, 4) is 0 Å². The van der Waals surface area contributed by atoms with Gasteiger partial charge in [0, 0.05) is 49.9 Å². The van der Waals surface area contributed by atoms with Crippen LogP contribution >= 0.6 is 0 Å². The number of carbonyl (C=O) groups excluding carboxylic acids is 2. The van der Waals surface area contributed by atoms with Crippen molar-refractivity contribution in [3.63, 3.8) is 0 Å². The van der Waals surface area contributed by atoms with Crippen LogP contribution in [0.1, 0.15) is 30.1 Å². The van der Waals surface area contributed by atoms with Crippen LogP contribution in [-0.4, -0.2) is 38.5 Å². The van der Waals surface area contributed by atoms with E-state index in [1.165, 1.54) is 0 Å². The lowest BCUT2D eigenvalue weighted by molar-refractivity contribution is -0.140. The maximum atomic E-state index is 12.8. The Labute approximate surface area is 140 Å². The number of pyridine rings is 1. The second-order valence-electron chi connectivity index (χ2n) is 6.22. The molecule has 2 atom stereocenters. The molecule has 3 heterocycles. The van der Waals surface area contributed by atoms with Crippen LogP contribution in [0.15, 0.2) is 30.7 Å². The molecular formula is C17H21N5O2. The number of aromatic nitrogens is 3. The summed E-state index contributed by atoms with van der Waals surface area (Å²) in [5.41, 5.74) is 2.43. The highest BCUT2D eigenvalue weighted by Gasteiger charge is 2.39. The molecule has 0 bridgehead atoms. The monoisotopic (exact) mass is 327 g/mol. The molecule has 0 spiro atoms. The van der Waals surface area contributed by atoms with Crippen LogP contribution in [0.5, 0.6) is 0 Å². The lowest BCUT2D eigenvalue weighted by Gasteiger charge is -2.37. The quantitative estimate of drug-likeness (QED) is 0.930. The van der Waals surface area contributed by atoms with E-state index < -0.39 is 0 Å². The molecular weight excluding hydrogens is 306 g/mol. The Morgan fingerprint density at radius 2 is 2.17 bits per heavy atom. The number of carbonyl (C=O) groups is 2. The van der Waals surface area contributed by atoms with E-state index >= 15 is 0 Å². The summed E-state index contributed by atoms with van der Waals surface area (Å²) >= 11 is 0. The molecule has 1 aliphatic rings. The minimum absolute atomic E-state index is 0.0488. The third-order valence-electron chi connectivity index (χ3n) is 4.43. The lowest BCUT2D eigenvalue weighted by atomic mass is 9.85. The van der Waals surface area contributed by atoms with E-state index in [4.69, 9.17) is 0 Å². The van der Waals surface area contributed by atoms with E-state index in [2.05, 4.69) is 15.4 Å². The van der Waals surface area contributed by atoms with Gasteiger partial charge in [-0.1, -0.05) is 0 Å². The molecule has 2 aromatic rings. The van der Waals surface area contributed by atoms with Crippen LogP contribution in [0, 0.1) is 12.8 Å². The Balaban J connectivity index is 1.86. The molecule has 2 amide bonds. The summed E-state index contributed by atoms with van der Waals surface area (Å²) < 4.78 is 1.68. The van der Waals surface area contributed by atoms with E-state index in [0.29, 0.717) is 12.8 Å². The van der Waals surface area contributed by atoms with Gasteiger partial charge in [-0.25, -0.2) is 0 Å². The fourth-order valence-electron chi connectivity index (χ4n) is 3.22. The van der Waals surface area contributed by atoms with E-state index in [9.17, 15) is 9.59 Å². The molecule has 0 radical (unpaired) electrons. The highest BCUT2D eigenvalue weighted by atomic mass is 16.2. The van der Waals surface area contributed by atoms with Crippen LogP contribution in [0.25, 0.3) is 0 Å². The van der Waals surface area contributed by atoms with E-state index in [-0.39, 0.29) is 23.8 Å². The topological polar surface area (TPSA) is 80.1 Å². The molecule has 1 saturated heterocycles. The van der Waals surface area contributed by atoms with Crippen molar-refractivity contribution in [2.24, 2.45) is 13.0 Å². The predicted molar refractivity (Wildman–Crippen MR) is 89.0 cm³/mol. The second kappa shape index (κ2) is 6.43. The molecule has 3 rings (SSSR count). The first-order chi connectivity index (χ1) is 11.5. The zero-order chi connectivity index (χ0) is 17.3. The van der Waals surface area contributed by atoms with Gasteiger partial charge in [0.2, 0.25) is 11.8 Å². The number of anilines is 1. The third-order valence-corrected chi connectivity index (χ3v) is 4.43. The zero-order valence-electron chi connectivity index (χ0n) is 14.1. The molecule has 0 aromatic carbocycles. The van der Waals surface area contributed by atoms with Crippen molar-refractivity contribution in [1.29, 1.82) is 0 Å². The normalized spacial score (nSPS) is 21.0. The Bertz CT molecular complexity index is 770. The van der Waals surface area contributed by atoms with E-state index in [0.717, 1.165) is 16.9 Å². The molecule has 1 fully saturated rings. The Morgan fingerprint density at radius 3 is 2.83 bits per heavy atom. The first-order valence-corrected chi connectivity index (χ1v) is 7.93. The number of amides is 2. The Morgan fingerprint density at radius 1 is 1.38 bits per heavy atom. The number of rotatable bonds is 3. The number of nitrogens with one attached hydrogen (secondary N) is 1. The zero-order valence-corrected chi connectivity index (χ0v) is 14.1. The lowest BCUT2D eigenvalue weighted by Crippen LogP contribution is -2.44. The molecule has 1 N–H and O–H groups in total. The van der Waals surface area contributed by atoms with Gasteiger partial charge in [-0.3, -0.25) is 19.3 Å². The molecule has 7 nitrogen and oxygen atoms in total. The summed E-state index contributed by atoms with van der Waals surface area (Å²) in [6, 6.07) is 3.29. The van der Waals surface area contributed by atoms with Gasteiger partial charge in [0.15, 0.2) is 0 Å². The van der Waals surface area contributed by atoms with E-state index in [1.807, 2.05) is 26.2 Å². The van der Waals surface area contributed by atoms with E-state index in [1.54, 1.807) is 35.1 Å². The summed E-state index contributed by atoms with van der Waals surface area (Å²) in [4.78, 5) is 30.7. The van der Waals surface area contributed by atoms with Gasteiger partial charge in [-0.05, 0) is 25.5 Å². The summed E-state index contributed by atoms with van der Waals surface area (Å²) in [7, 11) is 3.57. The molecule has 126 valence electrons. The molecule has 7 heteroatoms. The van der Waals surface area contributed by atoms with Crippen molar-refractivity contribution >= 4 is 17.5 Å². The minimum Gasteiger partial charge on any atom is -0.338 e. The smallest absolute Gasteiger partial charge is 0.229 e. The molecule has 0 saturated carbocycles. The highest BCUT2D eigenvalue weighted by molar-refractivity contribution is 5.94. The van der Waals surface area contributed by atoms with Crippen LogP contribution in [0.3, 0.4) is 0 Å². The van der Waals surface area contributed by atoms with Gasteiger partial charge in [-0.2, -0.15) is 5.10 Å². The number of hydrogen-bond acceptors (Lipinski definition) is 4. The SMILES string of the molecule is Cc1cc(NC(=O)C2CCC(=O)N(C)C2c2cnn(C)c2)ccn1. The first kappa shape index (κ1) is 16.2. The largest absolute Gasteiger partial charge is 0.338 e. The standard InChI is InChI=1S/C17H21N5O2/c1-11-8-13(6-7-18-11)20-17(24)14-4-5-15(23)22(3)16(14)12-9-19-21(2)10-12/h6-10,14,16H,4-5H2,1-3H3,(H,18,20,24). The van der Waals surface area contributed by atoms with Crippen LogP contribution in [0.2, 0.25) is 0 Å². The number of hydrogen-bond donors (Lipinski definition) is 1. The number of aryl methyl sites for hydroxylation is 2. The van der Waals surface area contributed by atoms with Gasteiger partial charge in [0.05, 0.1) is 18.2 Å². The average Bonchev–Trinajstić information content (AvgIpc) is 2.95. The maximum absolute atomic E-state index is 12.8. The Hall–Kier alpha value is -2.70. The van der Waals surface area contributed by atoms with Crippen molar-refractivity contribution < 1.29 is 9.59 Å². The average molecular weight is 327 g/mol. The molecule has 2 aromatic heterocycles. The molecule has 2 unspecified atom stereocenters. The molecule has 24 heavy (non-hydrogen) atoms. The summed E-state index contributed by atoms with van der Waals surface area (Å²) in [5.74, 6) is -0.355. The summed E-state index contributed by atoms with van der Waals surface area (Å²) in [6.45, 7) is 1.88.